The summed E-state index contributed by atoms with van der Waals surface area (Å²) >= 11 is 0. The van der Waals surface area contributed by atoms with Crippen molar-refractivity contribution < 1.29 is 0 Å². The van der Waals surface area contributed by atoms with Gasteiger partial charge in [-0.25, -0.2) is 9.98 Å². The van der Waals surface area contributed by atoms with Gasteiger partial charge in [0.1, 0.15) is 12.2 Å². The van der Waals surface area contributed by atoms with Crippen LogP contribution in [0.2, 0.25) is 0 Å². The average Bonchev–Trinajstić information content (AvgIpc) is 2.41. The Hall–Kier alpha value is -2.42. The zero-order chi connectivity index (χ0) is 14.5. The summed E-state index contributed by atoms with van der Waals surface area (Å²) in [6, 6.07) is 0. The Morgan fingerprint density at radius 1 is 1.16 bits per heavy atom. The summed E-state index contributed by atoms with van der Waals surface area (Å²) < 4.78 is 0. The minimum Gasteiger partial charge on any atom is -0.340 e. The minimum atomic E-state index is 0.701. The van der Waals surface area contributed by atoms with Gasteiger partial charge < -0.3 is 5.32 Å². The topological polar surface area (TPSA) is 36.8 Å². The minimum absolute atomic E-state index is 0.701. The van der Waals surface area contributed by atoms with Gasteiger partial charge in [-0.2, -0.15) is 0 Å². The van der Waals surface area contributed by atoms with Crippen LogP contribution in [-0.2, 0) is 0 Å². The molecule has 3 nitrogen and oxygen atoms in total. The molecule has 0 saturated carbocycles. The molecule has 0 heterocycles. The second kappa shape index (κ2) is 10.7. The van der Waals surface area contributed by atoms with Crippen LogP contribution in [0.15, 0.2) is 83.3 Å². The monoisotopic (exact) mass is 255 g/mol. The van der Waals surface area contributed by atoms with Gasteiger partial charge in [-0.15, -0.1) is 0 Å². The predicted octanol–water partition coefficient (Wildman–Crippen LogP) is 3.92. The normalized spacial score (nSPS) is 13.9. The molecule has 0 unspecified atom stereocenters. The fourth-order valence-corrected chi connectivity index (χ4v) is 1.18. The maximum Gasteiger partial charge on any atom is 0.135 e. The van der Waals surface area contributed by atoms with Crippen molar-refractivity contribution in [2.24, 2.45) is 9.98 Å². The molecule has 1 N–H and O–H groups in total. The van der Waals surface area contributed by atoms with Gasteiger partial charge in [0.2, 0.25) is 0 Å². The third-order valence-electron chi connectivity index (χ3n) is 2.02. The number of hydrogen-bond donors (Lipinski definition) is 1. The van der Waals surface area contributed by atoms with Crippen LogP contribution in [0.4, 0.5) is 0 Å². The summed E-state index contributed by atoms with van der Waals surface area (Å²) in [5.74, 6) is 0.701. The number of aliphatic imine (C=N–C) groups is 2. The number of allylic oxidation sites excluding steroid dienone is 7. The third kappa shape index (κ3) is 7.49. The molecule has 0 atom stereocenters. The Morgan fingerprint density at radius 3 is 2.42 bits per heavy atom. The summed E-state index contributed by atoms with van der Waals surface area (Å²) in [6.45, 7) is 14.9. The fourth-order valence-electron chi connectivity index (χ4n) is 1.18. The maximum atomic E-state index is 4.27. The number of nitrogens with one attached hydrogen (secondary N) is 1. The molecule has 0 aliphatic heterocycles. The Kier molecular flexibility index (Phi) is 9.35. The summed E-state index contributed by atoms with van der Waals surface area (Å²) in [7, 11) is 0. The number of rotatable bonds is 8. The molecular formula is C16H21N3. The summed E-state index contributed by atoms with van der Waals surface area (Å²) in [6.07, 6.45) is 13.7. The molecule has 0 aliphatic carbocycles. The van der Waals surface area contributed by atoms with Crippen LogP contribution < -0.4 is 5.32 Å². The highest BCUT2D eigenvalue weighted by Crippen LogP contribution is 2.07. The van der Waals surface area contributed by atoms with Crippen molar-refractivity contribution in [3.63, 3.8) is 0 Å². The first kappa shape index (κ1) is 16.6. The van der Waals surface area contributed by atoms with E-state index in [1.54, 1.807) is 24.4 Å². The van der Waals surface area contributed by atoms with E-state index in [1.165, 1.54) is 6.34 Å². The third-order valence-corrected chi connectivity index (χ3v) is 2.02. The second-order valence-corrected chi connectivity index (χ2v) is 3.50. The predicted molar refractivity (Wildman–Crippen MR) is 86.3 cm³/mol. The molecular weight excluding hydrogens is 234 g/mol. The highest BCUT2D eigenvalue weighted by Gasteiger charge is 1.99. The molecule has 0 aromatic heterocycles. The van der Waals surface area contributed by atoms with Gasteiger partial charge in [0.15, 0.2) is 0 Å². The molecule has 0 rings (SSSR count). The Balaban J connectivity index is 5.24. The van der Waals surface area contributed by atoms with Crippen molar-refractivity contribution in [2.45, 2.75) is 13.8 Å². The van der Waals surface area contributed by atoms with E-state index in [1.807, 2.05) is 32.1 Å². The van der Waals surface area contributed by atoms with Gasteiger partial charge in [-0.05, 0) is 31.6 Å². The van der Waals surface area contributed by atoms with Gasteiger partial charge >= 0.3 is 0 Å². The second-order valence-electron chi connectivity index (χ2n) is 3.50. The van der Waals surface area contributed by atoms with Gasteiger partial charge in [0, 0.05) is 11.9 Å². The van der Waals surface area contributed by atoms with Crippen LogP contribution in [0.25, 0.3) is 0 Å². The molecule has 3 heteroatoms. The van der Waals surface area contributed by atoms with Crippen LogP contribution >= 0.6 is 0 Å². The van der Waals surface area contributed by atoms with Gasteiger partial charge in [-0.3, -0.25) is 0 Å². The molecule has 0 aromatic carbocycles. The van der Waals surface area contributed by atoms with E-state index in [4.69, 9.17) is 0 Å². The molecule has 0 aromatic rings. The first-order valence-corrected chi connectivity index (χ1v) is 5.92. The average molecular weight is 255 g/mol. The molecule has 0 bridgehead atoms. The van der Waals surface area contributed by atoms with Crippen molar-refractivity contribution in [3.8, 4) is 0 Å². The van der Waals surface area contributed by atoms with E-state index < -0.39 is 0 Å². The summed E-state index contributed by atoms with van der Waals surface area (Å²) in [5, 5.41) is 3.17. The van der Waals surface area contributed by atoms with Crippen molar-refractivity contribution in [3.05, 3.63) is 73.3 Å². The zero-order valence-electron chi connectivity index (χ0n) is 11.6. The van der Waals surface area contributed by atoms with Crippen LogP contribution in [0.1, 0.15) is 13.8 Å². The highest BCUT2D eigenvalue weighted by molar-refractivity contribution is 5.79. The van der Waals surface area contributed by atoms with E-state index in [2.05, 4.69) is 35.0 Å². The van der Waals surface area contributed by atoms with E-state index in [9.17, 15) is 0 Å². The van der Waals surface area contributed by atoms with Crippen LogP contribution in [0.3, 0.4) is 0 Å². The highest BCUT2D eigenvalue weighted by atomic mass is 15.1. The van der Waals surface area contributed by atoms with Crippen molar-refractivity contribution in [2.75, 3.05) is 0 Å². The number of hydrogen-bond acceptors (Lipinski definition) is 2. The lowest BCUT2D eigenvalue weighted by molar-refractivity contribution is 0.960. The van der Waals surface area contributed by atoms with Crippen LogP contribution in [0.5, 0.6) is 0 Å². The first-order valence-electron chi connectivity index (χ1n) is 5.92. The molecule has 0 spiro atoms. The molecule has 0 fully saturated rings. The van der Waals surface area contributed by atoms with E-state index in [0.29, 0.717) is 5.82 Å². The quantitative estimate of drug-likeness (QED) is 0.398. The summed E-state index contributed by atoms with van der Waals surface area (Å²) in [5.41, 5.74) is 1.81. The Morgan fingerprint density at radius 2 is 1.89 bits per heavy atom. The standard InChI is InChI=1S/C16H21N3/c1-6-10-14(5)16(18-13-17-12-8-3)19-15(9-4)11-7-2/h6-13,19H,2-4H2,1,5H3/b10-6+,15-11+,16-14-,17-12?,18-13-. The first-order chi connectivity index (χ1) is 9.19. The molecule has 0 saturated heterocycles. The summed E-state index contributed by atoms with van der Waals surface area (Å²) in [4.78, 5) is 8.23. The van der Waals surface area contributed by atoms with Crippen LogP contribution in [0, 0.1) is 0 Å². The van der Waals surface area contributed by atoms with Gasteiger partial charge in [-0.1, -0.05) is 44.0 Å². The Bertz CT molecular complexity index is 460. The van der Waals surface area contributed by atoms with Gasteiger partial charge in [0.05, 0.1) is 0 Å². The molecule has 19 heavy (non-hydrogen) atoms. The molecule has 0 aliphatic rings. The smallest absolute Gasteiger partial charge is 0.135 e. The van der Waals surface area contributed by atoms with E-state index in [0.717, 1.165) is 11.3 Å². The largest absolute Gasteiger partial charge is 0.340 e. The molecule has 100 valence electrons. The molecule has 0 radical (unpaired) electrons. The van der Waals surface area contributed by atoms with Crippen LogP contribution in [-0.4, -0.2) is 12.6 Å². The number of nitrogens with zero attached hydrogens (tertiary/aromatic N) is 2. The van der Waals surface area contributed by atoms with Crippen molar-refractivity contribution in [1.82, 2.24) is 5.32 Å². The lowest BCUT2D eigenvalue weighted by Gasteiger charge is -2.08. The lowest BCUT2D eigenvalue weighted by Crippen LogP contribution is -2.11. The maximum absolute atomic E-state index is 4.27. The van der Waals surface area contributed by atoms with Gasteiger partial charge in [0.25, 0.3) is 0 Å². The molecule has 0 amide bonds. The zero-order valence-corrected chi connectivity index (χ0v) is 11.6. The van der Waals surface area contributed by atoms with E-state index >= 15 is 0 Å². The lowest BCUT2D eigenvalue weighted by atomic mass is 10.2. The fraction of sp³-hybridized carbons (Fsp3) is 0.125. The van der Waals surface area contributed by atoms with Crippen molar-refractivity contribution >= 4 is 12.6 Å². The van der Waals surface area contributed by atoms with Crippen molar-refractivity contribution in [1.29, 1.82) is 0 Å². The SMILES string of the molecule is C=CC=N\C=N/C(N/C(C=C)=C/C=C)=C(C)/C=C/C. The Labute approximate surface area is 115 Å². The van der Waals surface area contributed by atoms with E-state index in [-0.39, 0.29) is 0 Å².